The van der Waals surface area contributed by atoms with Crippen molar-refractivity contribution in [2.24, 2.45) is 17.8 Å². The molecule has 2 heterocycles. The summed E-state index contributed by atoms with van der Waals surface area (Å²) in [5, 5.41) is 3.74. The van der Waals surface area contributed by atoms with E-state index < -0.39 is 6.10 Å². The lowest BCUT2D eigenvalue weighted by molar-refractivity contribution is -0.0694. The largest absolute Gasteiger partial charge is 0.454 e. The van der Waals surface area contributed by atoms with Gasteiger partial charge in [0.15, 0.2) is 0 Å². The highest BCUT2D eigenvalue weighted by atomic mass is 32.1. The molecule has 3 aromatic rings. The minimum atomic E-state index is -0.402. The van der Waals surface area contributed by atoms with Crippen molar-refractivity contribution in [3.8, 4) is 0 Å². The van der Waals surface area contributed by atoms with Crippen molar-refractivity contribution < 1.29 is 19.1 Å². The Hall–Kier alpha value is -2.44. The Morgan fingerprint density at radius 3 is 2.03 bits per heavy atom. The van der Waals surface area contributed by atoms with Gasteiger partial charge in [0.05, 0.1) is 0 Å². The first-order chi connectivity index (χ1) is 14.7. The second-order valence-electron chi connectivity index (χ2n) is 8.35. The third-order valence-corrected chi connectivity index (χ3v) is 8.69. The van der Waals surface area contributed by atoms with Gasteiger partial charge in [-0.25, -0.2) is 9.59 Å². The zero-order valence-corrected chi connectivity index (χ0v) is 17.7. The van der Waals surface area contributed by atoms with Crippen molar-refractivity contribution in [1.29, 1.82) is 0 Å². The number of ether oxygens (including phenoxy) is 2. The van der Waals surface area contributed by atoms with E-state index in [4.69, 9.17) is 9.47 Å². The molecule has 6 heteroatoms. The Morgan fingerprint density at radius 1 is 0.767 bits per heavy atom. The first-order valence-electron chi connectivity index (χ1n) is 10.3. The molecule has 0 radical (unpaired) electrons. The van der Waals surface area contributed by atoms with Crippen LogP contribution in [0.2, 0.25) is 0 Å². The van der Waals surface area contributed by atoms with Crippen LogP contribution in [0.4, 0.5) is 0 Å². The second kappa shape index (κ2) is 7.06. The maximum atomic E-state index is 12.8. The van der Waals surface area contributed by atoms with Crippen LogP contribution >= 0.6 is 22.7 Å². The monoisotopic (exact) mass is 436 g/mol. The summed E-state index contributed by atoms with van der Waals surface area (Å²) in [6.45, 7) is 0. The smallest absolute Gasteiger partial charge is 0.348 e. The SMILES string of the molecule is O=C(OC1C2CC(C1OC(=O)c1cccs1)C1c3ccccc3CC21)c1cccs1. The molecule has 2 saturated carbocycles. The molecule has 6 rings (SSSR count). The fourth-order valence-corrected chi connectivity index (χ4v) is 7.13. The van der Waals surface area contributed by atoms with Gasteiger partial charge in [-0.2, -0.15) is 0 Å². The molecule has 6 atom stereocenters. The van der Waals surface area contributed by atoms with Gasteiger partial charge in [0, 0.05) is 11.8 Å². The van der Waals surface area contributed by atoms with E-state index in [2.05, 4.69) is 24.3 Å². The molecule has 2 bridgehead atoms. The number of hydrogen-bond donors (Lipinski definition) is 0. The van der Waals surface area contributed by atoms with Crippen LogP contribution in [-0.2, 0) is 15.9 Å². The van der Waals surface area contributed by atoms with E-state index in [0.717, 1.165) is 12.8 Å². The normalized spacial score (nSPS) is 30.7. The molecule has 30 heavy (non-hydrogen) atoms. The van der Waals surface area contributed by atoms with Crippen molar-refractivity contribution in [2.75, 3.05) is 0 Å². The van der Waals surface area contributed by atoms with Gasteiger partial charge >= 0.3 is 11.9 Å². The van der Waals surface area contributed by atoms with E-state index in [1.54, 1.807) is 12.1 Å². The quantitative estimate of drug-likeness (QED) is 0.530. The molecule has 152 valence electrons. The van der Waals surface area contributed by atoms with Gasteiger partial charge in [-0.05, 0) is 58.7 Å². The van der Waals surface area contributed by atoms with Crippen molar-refractivity contribution in [2.45, 2.75) is 31.0 Å². The lowest BCUT2D eigenvalue weighted by Gasteiger charge is -2.37. The lowest BCUT2D eigenvalue weighted by Crippen LogP contribution is -2.45. The third kappa shape index (κ3) is 2.77. The van der Waals surface area contributed by atoms with Crippen molar-refractivity contribution in [3.05, 3.63) is 80.2 Å². The maximum absolute atomic E-state index is 12.8. The summed E-state index contributed by atoms with van der Waals surface area (Å²) >= 11 is 2.75. The van der Waals surface area contributed by atoms with Gasteiger partial charge in [0.1, 0.15) is 22.0 Å². The van der Waals surface area contributed by atoms with Gasteiger partial charge in [-0.3, -0.25) is 0 Å². The molecule has 0 amide bonds. The van der Waals surface area contributed by atoms with Crippen LogP contribution in [-0.4, -0.2) is 24.1 Å². The Balaban J connectivity index is 1.32. The number of rotatable bonds is 4. The van der Waals surface area contributed by atoms with Gasteiger partial charge < -0.3 is 9.47 Å². The average molecular weight is 437 g/mol. The molecule has 2 aromatic heterocycles. The average Bonchev–Trinajstić information content (AvgIpc) is 3.55. The van der Waals surface area contributed by atoms with Crippen LogP contribution in [0.3, 0.4) is 0 Å². The number of thiophene rings is 2. The second-order valence-corrected chi connectivity index (χ2v) is 10.2. The predicted molar refractivity (Wildman–Crippen MR) is 115 cm³/mol. The molecule has 0 aliphatic heterocycles. The summed E-state index contributed by atoms with van der Waals surface area (Å²) in [6, 6.07) is 15.8. The molecule has 6 unspecified atom stereocenters. The molecule has 0 N–H and O–H groups in total. The summed E-state index contributed by atoms with van der Waals surface area (Å²) in [5.74, 6) is 0.606. The molecule has 0 spiro atoms. The van der Waals surface area contributed by atoms with E-state index in [1.807, 2.05) is 22.9 Å². The number of hydrogen-bond acceptors (Lipinski definition) is 6. The Kier molecular flexibility index (Phi) is 4.32. The maximum Gasteiger partial charge on any atom is 0.348 e. The van der Waals surface area contributed by atoms with Crippen LogP contribution in [0, 0.1) is 17.8 Å². The van der Waals surface area contributed by atoms with Gasteiger partial charge in [-0.1, -0.05) is 36.4 Å². The van der Waals surface area contributed by atoms with Crippen LogP contribution in [0.25, 0.3) is 0 Å². The summed E-state index contributed by atoms with van der Waals surface area (Å²) in [7, 11) is 0. The molecule has 3 aliphatic rings. The van der Waals surface area contributed by atoms with Crippen molar-refractivity contribution in [3.63, 3.8) is 0 Å². The van der Waals surface area contributed by atoms with E-state index >= 15 is 0 Å². The number of esters is 2. The highest BCUT2D eigenvalue weighted by molar-refractivity contribution is 7.12. The fourth-order valence-electron chi connectivity index (χ4n) is 5.92. The zero-order valence-electron chi connectivity index (χ0n) is 16.1. The molecular formula is C24H20O4S2. The number of benzene rings is 1. The van der Waals surface area contributed by atoms with Gasteiger partial charge in [0.2, 0.25) is 0 Å². The zero-order chi connectivity index (χ0) is 20.2. The third-order valence-electron chi connectivity index (χ3n) is 6.99. The molecular weight excluding hydrogens is 416 g/mol. The van der Waals surface area contributed by atoms with Crippen molar-refractivity contribution in [1.82, 2.24) is 0 Å². The van der Waals surface area contributed by atoms with Crippen LogP contribution in [0.1, 0.15) is 42.8 Å². The molecule has 3 aliphatic carbocycles. The van der Waals surface area contributed by atoms with Gasteiger partial charge in [0.25, 0.3) is 0 Å². The Morgan fingerprint density at radius 2 is 1.40 bits per heavy atom. The number of carbonyl (C=O) groups is 2. The summed E-state index contributed by atoms with van der Waals surface area (Å²) in [4.78, 5) is 26.7. The van der Waals surface area contributed by atoms with E-state index in [1.165, 1.54) is 33.8 Å². The van der Waals surface area contributed by atoms with E-state index in [9.17, 15) is 9.59 Å². The standard InChI is InChI=1S/C24H20O4S2/c25-23(18-7-3-9-29-18)27-21-16-12-17(22(21)28-24(26)19-8-4-10-30-19)20-14-6-2-1-5-13(14)11-15(16)20/h1-10,15-17,20-22H,11-12H2. The lowest BCUT2D eigenvalue weighted by atomic mass is 9.76. The predicted octanol–water partition coefficient (Wildman–Crippen LogP) is 5.17. The fraction of sp³-hybridized carbons (Fsp3) is 0.333. The van der Waals surface area contributed by atoms with E-state index in [0.29, 0.717) is 21.6 Å². The Bertz CT molecular complexity index is 1090. The highest BCUT2D eigenvalue weighted by Crippen LogP contribution is 2.62. The summed E-state index contributed by atoms with van der Waals surface area (Å²) in [6.07, 6.45) is 1.17. The van der Waals surface area contributed by atoms with Crippen LogP contribution in [0.15, 0.2) is 59.3 Å². The van der Waals surface area contributed by atoms with Crippen LogP contribution in [0.5, 0.6) is 0 Å². The first-order valence-corrected chi connectivity index (χ1v) is 12.0. The van der Waals surface area contributed by atoms with Crippen LogP contribution < -0.4 is 0 Å². The van der Waals surface area contributed by atoms with E-state index in [-0.39, 0.29) is 29.9 Å². The summed E-state index contributed by atoms with van der Waals surface area (Å²) in [5.41, 5.74) is 2.77. The molecule has 0 saturated heterocycles. The Labute approximate surface area is 182 Å². The van der Waals surface area contributed by atoms with Crippen molar-refractivity contribution >= 4 is 34.6 Å². The minimum Gasteiger partial charge on any atom is -0.454 e. The summed E-state index contributed by atoms with van der Waals surface area (Å²) < 4.78 is 12.1. The van der Waals surface area contributed by atoms with Gasteiger partial charge in [-0.15, -0.1) is 22.7 Å². The number of fused-ring (bicyclic) bond motifs is 7. The highest BCUT2D eigenvalue weighted by Gasteiger charge is 2.63. The number of carbonyl (C=O) groups excluding carboxylic acids is 2. The first kappa shape index (κ1) is 18.3. The molecule has 1 aromatic carbocycles. The molecule has 4 nitrogen and oxygen atoms in total. The topological polar surface area (TPSA) is 52.6 Å². The molecule has 2 fully saturated rings. The minimum absolute atomic E-state index is 0.189.